The predicted octanol–water partition coefficient (Wildman–Crippen LogP) is 1.16. The van der Waals surface area contributed by atoms with Crippen molar-refractivity contribution in [1.82, 2.24) is 0 Å². The van der Waals surface area contributed by atoms with Crippen LogP contribution in [0.1, 0.15) is 0 Å². The van der Waals surface area contributed by atoms with Crippen LogP contribution in [0.25, 0.3) is 0 Å². The summed E-state index contributed by atoms with van der Waals surface area (Å²) in [4.78, 5) is 9.75. The van der Waals surface area contributed by atoms with E-state index in [1.54, 1.807) is 18.1 Å². The van der Waals surface area contributed by atoms with Crippen LogP contribution >= 0.6 is 0 Å². The third-order valence-corrected chi connectivity index (χ3v) is 1.25. The molecular formula is C9H8O3. The molecule has 62 valence electrons. The van der Waals surface area contributed by atoms with Crippen molar-refractivity contribution in [3.05, 3.63) is 30.3 Å². The first-order valence-electron chi connectivity index (χ1n) is 3.44. The van der Waals surface area contributed by atoms with E-state index in [9.17, 15) is 4.79 Å². The summed E-state index contributed by atoms with van der Waals surface area (Å²) < 4.78 is 5.07. The lowest BCUT2D eigenvalue weighted by Gasteiger charge is -2.00. The maximum Gasteiger partial charge on any atom is 0.123 e. The Bertz CT molecular complexity index is 283. The Morgan fingerprint density at radius 2 is 2.08 bits per heavy atom. The number of aromatic hydroxyl groups is 1. The number of phenols is 1. The number of hydrogen-bond acceptors (Lipinski definition) is 3. The molecule has 12 heavy (non-hydrogen) atoms. The summed E-state index contributed by atoms with van der Waals surface area (Å²) in [6, 6.07) is 6.27. The van der Waals surface area contributed by atoms with Gasteiger partial charge in [0.05, 0.1) is 0 Å². The van der Waals surface area contributed by atoms with Gasteiger partial charge in [0.1, 0.15) is 24.0 Å². The van der Waals surface area contributed by atoms with Gasteiger partial charge in [-0.25, -0.2) is 4.79 Å². The number of ether oxygens (including phenoxy) is 1. The van der Waals surface area contributed by atoms with Crippen molar-refractivity contribution in [1.29, 1.82) is 0 Å². The molecule has 0 aliphatic rings. The molecule has 0 fully saturated rings. The fourth-order valence-corrected chi connectivity index (χ4v) is 0.714. The van der Waals surface area contributed by atoms with Gasteiger partial charge in [0.2, 0.25) is 0 Å². The van der Waals surface area contributed by atoms with Crippen molar-refractivity contribution in [3.63, 3.8) is 0 Å². The normalized spacial score (nSPS) is 8.67. The SMILES string of the molecule is O=C=CCOc1ccc(O)cc1. The fourth-order valence-electron chi connectivity index (χ4n) is 0.714. The molecule has 0 amide bonds. The highest BCUT2D eigenvalue weighted by Crippen LogP contribution is 2.15. The molecule has 1 aromatic carbocycles. The Kier molecular flexibility index (Phi) is 2.94. The molecule has 1 N–H and O–H groups in total. The smallest absolute Gasteiger partial charge is 0.123 e. The van der Waals surface area contributed by atoms with Crippen LogP contribution in [0, 0.1) is 0 Å². The molecule has 1 aromatic rings. The number of rotatable bonds is 3. The summed E-state index contributed by atoms with van der Waals surface area (Å²) in [5.41, 5.74) is 0. The first kappa shape index (κ1) is 8.37. The van der Waals surface area contributed by atoms with Gasteiger partial charge in [0, 0.05) is 6.08 Å². The van der Waals surface area contributed by atoms with Gasteiger partial charge in [-0.15, -0.1) is 0 Å². The molecule has 0 spiro atoms. The molecule has 3 nitrogen and oxygen atoms in total. The molecule has 0 radical (unpaired) electrons. The standard InChI is InChI=1S/C9H8O3/c10-6-1-7-12-9-4-2-8(11)3-5-9/h1-5,11H,7H2. The first-order chi connectivity index (χ1) is 5.83. The molecule has 0 aliphatic carbocycles. The largest absolute Gasteiger partial charge is 0.508 e. The van der Waals surface area contributed by atoms with Crippen molar-refractivity contribution >= 4 is 5.94 Å². The lowest BCUT2D eigenvalue weighted by molar-refractivity contribution is 0.362. The molecule has 0 saturated carbocycles. The molecule has 1 rings (SSSR count). The average molecular weight is 164 g/mol. The van der Waals surface area contributed by atoms with E-state index < -0.39 is 0 Å². The highest BCUT2D eigenvalue weighted by molar-refractivity contribution is 5.45. The van der Waals surface area contributed by atoms with Crippen LogP contribution in [0.4, 0.5) is 0 Å². The Morgan fingerprint density at radius 3 is 2.67 bits per heavy atom. The molecule has 0 saturated heterocycles. The lowest BCUT2D eigenvalue weighted by Crippen LogP contribution is -1.92. The monoisotopic (exact) mass is 164 g/mol. The van der Waals surface area contributed by atoms with Crippen LogP contribution in [-0.4, -0.2) is 17.7 Å². The minimum atomic E-state index is 0.188. The second kappa shape index (κ2) is 4.21. The first-order valence-corrected chi connectivity index (χ1v) is 3.44. The zero-order chi connectivity index (χ0) is 8.81. The molecule has 0 unspecified atom stereocenters. The third kappa shape index (κ3) is 2.48. The number of hydrogen-bond donors (Lipinski definition) is 1. The molecular weight excluding hydrogens is 156 g/mol. The van der Waals surface area contributed by atoms with Crippen LogP contribution < -0.4 is 4.74 Å². The molecule has 0 atom stereocenters. The van der Waals surface area contributed by atoms with Crippen LogP contribution in [0.2, 0.25) is 0 Å². The Balaban J connectivity index is 2.53. The van der Waals surface area contributed by atoms with Crippen molar-refractivity contribution in [2.75, 3.05) is 6.61 Å². The van der Waals surface area contributed by atoms with Gasteiger partial charge in [0.25, 0.3) is 0 Å². The molecule has 0 aromatic heterocycles. The predicted molar refractivity (Wildman–Crippen MR) is 43.9 cm³/mol. The van der Waals surface area contributed by atoms with Gasteiger partial charge in [-0.1, -0.05) is 0 Å². The Morgan fingerprint density at radius 1 is 1.42 bits per heavy atom. The zero-order valence-electron chi connectivity index (χ0n) is 6.36. The summed E-state index contributed by atoms with van der Waals surface area (Å²) in [7, 11) is 0. The summed E-state index contributed by atoms with van der Waals surface area (Å²) >= 11 is 0. The van der Waals surface area contributed by atoms with Gasteiger partial charge in [0.15, 0.2) is 0 Å². The van der Waals surface area contributed by atoms with E-state index in [1.165, 1.54) is 18.2 Å². The van der Waals surface area contributed by atoms with Gasteiger partial charge in [-0.2, -0.15) is 0 Å². The highest BCUT2D eigenvalue weighted by Gasteiger charge is 1.90. The summed E-state index contributed by atoms with van der Waals surface area (Å²) in [5, 5.41) is 8.90. The fraction of sp³-hybridized carbons (Fsp3) is 0.111. The van der Waals surface area contributed by atoms with E-state index >= 15 is 0 Å². The van der Waals surface area contributed by atoms with Crippen molar-refractivity contribution < 1.29 is 14.6 Å². The van der Waals surface area contributed by atoms with E-state index in [0.717, 1.165) is 0 Å². The molecule has 0 bridgehead atoms. The van der Waals surface area contributed by atoms with E-state index in [-0.39, 0.29) is 12.4 Å². The highest BCUT2D eigenvalue weighted by atomic mass is 16.5. The van der Waals surface area contributed by atoms with Crippen molar-refractivity contribution in [2.45, 2.75) is 0 Å². The summed E-state index contributed by atoms with van der Waals surface area (Å²) in [6.45, 7) is 0.203. The average Bonchev–Trinajstić information content (AvgIpc) is 2.09. The molecule has 3 heteroatoms. The molecule has 0 aliphatic heterocycles. The maximum atomic E-state index is 9.75. The van der Waals surface area contributed by atoms with Crippen LogP contribution in [-0.2, 0) is 4.79 Å². The van der Waals surface area contributed by atoms with E-state index in [0.29, 0.717) is 5.75 Å². The topological polar surface area (TPSA) is 46.5 Å². The Hall–Kier alpha value is -1.73. The van der Waals surface area contributed by atoms with Crippen molar-refractivity contribution in [3.8, 4) is 11.5 Å². The van der Waals surface area contributed by atoms with Gasteiger partial charge in [-0.05, 0) is 24.3 Å². The van der Waals surface area contributed by atoms with Gasteiger partial charge in [-0.3, -0.25) is 0 Å². The number of phenolic OH excluding ortho intramolecular Hbond substituents is 1. The second-order valence-electron chi connectivity index (χ2n) is 2.13. The summed E-state index contributed by atoms with van der Waals surface area (Å²) in [6.07, 6.45) is 1.24. The van der Waals surface area contributed by atoms with Crippen LogP contribution in [0.3, 0.4) is 0 Å². The van der Waals surface area contributed by atoms with E-state index in [4.69, 9.17) is 9.84 Å². The number of carbonyl (C=O) groups excluding carboxylic acids is 1. The Labute approximate surface area is 69.9 Å². The number of benzene rings is 1. The van der Waals surface area contributed by atoms with E-state index in [1.807, 2.05) is 0 Å². The minimum absolute atomic E-state index is 0.188. The quantitative estimate of drug-likeness (QED) is 0.682. The van der Waals surface area contributed by atoms with Crippen LogP contribution in [0.5, 0.6) is 11.5 Å². The zero-order valence-corrected chi connectivity index (χ0v) is 6.36. The third-order valence-electron chi connectivity index (χ3n) is 1.25. The van der Waals surface area contributed by atoms with Gasteiger partial charge < -0.3 is 9.84 Å². The van der Waals surface area contributed by atoms with E-state index in [2.05, 4.69) is 0 Å². The maximum absolute atomic E-state index is 9.75. The van der Waals surface area contributed by atoms with Crippen molar-refractivity contribution in [2.24, 2.45) is 0 Å². The lowest BCUT2D eigenvalue weighted by atomic mass is 10.3. The molecule has 0 heterocycles. The van der Waals surface area contributed by atoms with Gasteiger partial charge >= 0.3 is 0 Å². The second-order valence-corrected chi connectivity index (χ2v) is 2.13. The minimum Gasteiger partial charge on any atom is -0.508 e. The summed E-state index contributed by atoms with van der Waals surface area (Å²) in [5.74, 6) is 2.40. The van der Waals surface area contributed by atoms with Crippen LogP contribution in [0.15, 0.2) is 30.3 Å².